The normalized spacial score (nSPS) is 26.4. The maximum Gasteiger partial charge on any atom is 0.310 e. The zero-order valence-corrected chi connectivity index (χ0v) is 8.91. The van der Waals surface area contributed by atoms with Crippen molar-refractivity contribution in [2.45, 2.75) is 25.8 Å². The smallest absolute Gasteiger partial charge is 0.310 e. The second-order valence-corrected chi connectivity index (χ2v) is 3.65. The van der Waals surface area contributed by atoms with Crippen molar-refractivity contribution in [2.24, 2.45) is 5.92 Å². The van der Waals surface area contributed by atoms with Crippen molar-refractivity contribution >= 4 is 5.97 Å². The standard InChI is InChI=1S/C10H19NO3/c1-8-9(4-5-11-8)10(12)14-7-3-6-13-2/h8-9,11H,3-7H2,1-2H3. The first-order valence-electron chi connectivity index (χ1n) is 5.14. The number of hydrogen-bond acceptors (Lipinski definition) is 4. The number of esters is 1. The van der Waals surface area contributed by atoms with E-state index in [2.05, 4.69) is 5.32 Å². The van der Waals surface area contributed by atoms with Gasteiger partial charge in [-0.15, -0.1) is 0 Å². The summed E-state index contributed by atoms with van der Waals surface area (Å²) < 4.78 is 10.0. The lowest BCUT2D eigenvalue weighted by atomic mass is 10.0. The number of rotatable bonds is 5. The molecule has 0 spiro atoms. The molecule has 1 heterocycles. The Balaban J connectivity index is 2.14. The van der Waals surface area contributed by atoms with Crippen LogP contribution in [0.1, 0.15) is 19.8 Å². The highest BCUT2D eigenvalue weighted by molar-refractivity contribution is 5.73. The number of carbonyl (C=O) groups is 1. The van der Waals surface area contributed by atoms with E-state index < -0.39 is 0 Å². The summed E-state index contributed by atoms with van der Waals surface area (Å²) in [6, 6.07) is 0.255. The average molecular weight is 201 g/mol. The Morgan fingerprint density at radius 3 is 2.86 bits per heavy atom. The van der Waals surface area contributed by atoms with Crippen LogP contribution in [0.3, 0.4) is 0 Å². The minimum atomic E-state index is -0.0707. The molecule has 0 aromatic rings. The van der Waals surface area contributed by atoms with Crippen LogP contribution in [0.25, 0.3) is 0 Å². The molecule has 82 valence electrons. The van der Waals surface area contributed by atoms with Crippen LogP contribution in [-0.4, -0.2) is 38.9 Å². The summed E-state index contributed by atoms with van der Waals surface area (Å²) in [6.45, 7) is 4.05. The van der Waals surface area contributed by atoms with E-state index in [4.69, 9.17) is 9.47 Å². The quantitative estimate of drug-likeness (QED) is 0.521. The highest BCUT2D eigenvalue weighted by atomic mass is 16.5. The van der Waals surface area contributed by atoms with E-state index in [0.717, 1.165) is 19.4 Å². The first-order valence-corrected chi connectivity index (χ1v) is 5.14. The van der Waals surface area contributed by atoms with Gasteiger partial charge in [0.25, 0.3) is 0 Å². The fraction of sp³-hybridized carbons (Fsp3) is 0.900. The Kier molecular flexibility index (Phi) is 4.90. The van der Waals surface area contributed by atoms with Crippen LogP contribution >= 0.6 is 0 Å². The predicted molar refractivity (Wildman–Crippen MR) is 53.0 cm³/mol. The molecule has 14 heavy (non-hydrogen) atoms. The Morgan fingerprint density at radius 1 is 1.50 bits per heavy atom. The molecule has 1 aliphatic rings. The molecule has 4 nitrogen and oxygen atoms in total. The number of methoxy groups -OCH3 is 1. The van der Waals surface area contributed by atoms with Crippen molar-refractivity contribution < 1.29 is 14.3 Å². The summed E-state index contributed by atoms with van der Waals surface area (Å²) >= 11 is 0. The first kappa shape index (κ1) is 11.5. The van der Waals surface area contributed by atoms with Crippen molar-refractivity contribution in [1.82, 2.24) is 5.32 Å². The van der Waals surface area contributed by atoms with Crippen molar-refractivity contribution in [3.63, 3.8) is 0 Å². The molecular weight excluding hydrogens is 182 g/mol. The maximum atomic E-state index is 11.5. The molecule has 0 amide bonds. The summed E-state index contributed by atoms with van der Waals surface area (Å²) in [5, 5.41) is 3.23. The molecule has 1 aliphatic heterocycles. The minimum Gasteiger partial charge on any atom is -0.465 e. The third kappa shape index (κ3) is 3.27. The van der Waals surface area contributed by atoms with Crippen molar-refractivity contribution in [2.75, 3.05) is 26.9 Å². The van der Waals surface area contributed by atoms with Gasteiger partial charge >= 0.3 is 5.97 Å². The van der Waals surface area contributed by atoms with Crippen LogP contribution in [0.15, 0.2) is 0 Å². The largest absolute Gasteiger partial charge is 0.465 e. The van der Waals surface area contributed by atoms with Crippen molar-refractivity contribution in [3.8, 4) is 0 Å². The van der Waals surface area contributed by atoms with Crippen LogP contribution < -0.4 is 5.32 Å². The number of nitrogens with one attached hydrogen (secondary N) is 1. The average Bonchev–Trinajstić information content (AvgIpc) is 2.59. The predicted octanol–water partition coefficient (Wildman–Crippen LogP) is 0.564. The second-order valence-electron chi connectivity index (χ2n) is 3.65. The van der Waals surface area contributed by atoms with E-state index in [1.54, 1.807) is 7.11 Å². The highest BCUT2D eigenvalue weighted by Crippen LogP contribution is 2.16. The molecular formula is C10H19NO3. The van der Waals surface area contributed by atoms with Crippen molar-refractivity contribution in [3.05, 3.63) is 0 Å². The third-order valence-electron chi connectivity index (χ3n) is 2.57. The van der Waals surface area contributed by atoms with E-state index in [-0.39, 0.29) is 17.9 Å². The van der Waals surface area contributed by atoms with Gasteiger partial charge in [0.1, 0.15) is 0 Å². The van der Waals surface area contributed by atoms with Gasteiger partial charge in [-0.2, -0.15) is 0 Å². The Morgan fingerprint density at radius 2 is 2.29 bits per heavy atom. The second kappa shape index (κ2) is 5.98. The Hall–Kier alpha value is -0.610. The molecule has 0 aliphatic carbocycles. The van der Waals surface area contributed by atoms with Crippen LogP contribution in [-0.2, 0) is 14.3 Å². The van der Waals surface area contributed by atoms with Crippen LogP contribution in [0.5, 0.6) is 0 Å². The lowest BCUT2D eigenvalue weighted by Gasteiger charge is -2.13. The zero-order chi connectivity index (χ0) is 10.4. The Labute approximate surface area is 85.0 Å². The minimum absolute atomic E-state index is 0.0394. The van der Waals surface area contributed by atoms with Gasteiger partial charge in [-0.3, -0.25) is 4.79 Å². The van der Waals surface area contributed by atoms with Crippen LogP contribution in [0.2, 0.25) is 0 Å². The summed E-state index contributed by atoms with van der Waals surface area (Å²) in [7, 11) is 1.64. The summed E-state index contributed by atoms with van der Waals surface area (Å²) in [5.41, 5.74) is 0. The molecule has 4 heteroatoms. The first-order chi connectivity index (χ1) is 6.75. The molecule has 0 radical (unpaired) electrons. The van der Waals surface area contributed by atoms with Gasteiger partial charge in [-0.1, -0.05) is 0 Å². The molecule has 0 aromatic carbocycles. The third-order valence-corrected chi connectivity index (χ3v) is 2.57. The lowest BCUT2D eigenvalue weighted by molar-refractivity contribution is -0.149. The van der Waals surface area contributed by atoms with Crippen molar-refractivity contribution in [1.29, 1.82) is 0 Å². The Bertz CT molecular complexity index is 184. The van der Waals surface area contributed by atoms with E-state index in [9.17, 15) is 4.79 Å². The van der Waals surface area contributed by atoms with E-state index in [1.807, 2.05) is 6.92 Å². The molecule has 1 fully saturated rings. The monoisotopic (exact) mass is 201 g/mol. The van der Waals surface area contributed by atoms with Gasteiger partial charge < -0.3 is 14.8 Å². The molecule has 0 saturated carbocycles. The van der Waals surface area contributed by atoms with Crippen LogP contribution in [0, 0.1) is 5.92 Å². The fourth-order valence-corrected chi connectivity index (χ4v) is 1.66. The maximum absolute atomic E-state index is 11.5. The summed E-state index contributed by atoms with van der Waals surface area (Å²) in [5.74, 6) is -0.0313. The SMILES string of the molecule is COCCCOC(=O)C1CCNC1C. The fourth-order valence-electron chi connectivity index (χ4n) is 1.66. The van der Waals surface area contributed by atoms with E-state index in [0.29, 0.717) is 13.2 Å². The molecule has 1 N–H and O–H groups in total. The van der Waals surface area contributed by atoms with Gasteiger partial charge in [0.05, 0.1) is 12.5 Å². The molecule has 2 unspecified atom stereocenters. The van der Waals surface area contributed by atoms with Gasteiger partial charge in [-0.05, 0) is 19.9 Å². The summed E-state index contributed by atoms with van der Waals surface area (Å²) in [6.07, 6.45) is 1.67. The highest BCUT2D eigenvalue weighted by Gasteiger charge is 2.30. The molecule has 1 saturated heterocycles. The van der Waals surface area contributed by atoms with E-state index >= 15 is 0 Å². The molecule has 0 bridgehead atoms. The number of ether oxygens (including phenoxy) is 2. The van der Waals surface area contributed by atoms with Crippen LogP contribution in [0.4, 0.5) is 0 Å². The van der Waals surface area contributed by atoms with Gasteiger partial charge in [-0.25, -0.2) is 0 Å². The summed E-state index contributed by atoms with van der Waals surface area (Å²) in [4.78, 5) is 11.5. The topological polar surface area (TPSA) is 47.6 Å². The zero-order valence-electron chi connectivity index (χ0n) is 8.91. The number of hydrogen-bond donors (Lipinski definition) is 1. The lowest BCUT2D eigenvalue weighted by Crippen LogP contribution is -2.29. The van der Waals surface area contributed by atoms with Gasteiger partial charge in [0.15, 0.2) is 0 Å². The van der Waals surface area contributed by atoms with Gasteiger partial charge in [0.2, 0.25) is 0 Å². The molecule has 0 aromatic heterocycles. The number of carbonyl (C=O) groups excluding carboxylic acids is 1. The van der Waals surface area contributed by atoms with Gasteiger partial charge in [0, 0.05) is 26.2 Å². The van der Waals surface area contributed by atoms with E-state index in [1.165, 1.54) is 0 Å². The molecule has 2 atom stereocenters. The molecule has 1 rings (SSSR count).